The number of hydrogen-bond donors (Lipinski definition) is 3. The van der Waals surface area contributed by atoms with Gasteiger partial charge < -0.3 is 10.6 Å². The van der Waals surface area contributed by atoms with E-state index in [1.54, 1.807) is 31.2 Å². The number of rotatable bonds is 7. The minimum absolute atomic E-state index is 0.00182. The normalized spacial score (nSPS) is 11.6. The number of aromatic amines is 1. The molecule has 0 saturated heterocycles. The number of carbonyl (C=O) groups excluding carboxylic acids is 2. The molecule has 1 atom stereocenters. The third-order valence-corrected chi connectivity index (χ3v) is 5.51. The second-order valence-corrected chi connectivity index (χ2v) is 7.85. The topological polar surface area (TPSA) is 117 Å². The van der Waals surface area contributed by atoms with Gasteiger partial charge in [-0.2, -0.15) is 0 Å². The summed E-state index contributed by atoms with van der Waals surface area (Å²) in [6.45, 7) is 3.07. The highest BCUT2D eigenvalue weighted by Gasteiger charge is 2.22. The van der Waals surface area contributed by atoms with Crippen LogP contribution in [0.15, 0.2) is 52.4 Å². The SMILES string of the molecule is CC[C@H](Sc1nnc(-c2ccccc2NC(C)=O)c(=O)[nH]1)C(=O)Nc1cc(F)ccc1F. The van der Waals surface area contributed by atoms with Gasteiger partial charge in [-0.15, -0.1) is 10.2 Å². The molecule has 11 heteroatoms. The Morgan fingerprint density at radius 2 is 1.84 bits per heavy atom. The molecule has 0 aliphatic heterocycles. The summed E-state index contributed by atoms with van der Waals surface area (Å²) in [5.41, 5.74) is -0.0502. The van der Waals surface area contributed by atoms with E-state index in [-0.39, 0.29) is 22.4 Å². The van der Waals surface area contributed by atoms with E-state index in [2.05, 4.69) is 25.8 Å². The predicted molar refractivity (Wildman–Crippen MR) is 117 cm³/mol. The standard InChI is InChI=1S/C21H19F2N5O3S/c1-3-17(19(30)25-16-10-12(22)8-9-14(16)23)32-21-26-20(31)18(27-28-21)13-6-4-5-7-15(13)24-11(2)29/h4-10,17H,3H2,1-2H3,(H,24,29)(H,25,30)(H,26,28,31)/t17-/m0/s1. The van der Waals surface area contributed by atoms with Crippen molar-refractivity contribution in [3.63, 3.8) is 0 Å². The third kappa shape index (κ3) is 5.55. The smallest absolute Gasteiger partial charge is 0.278 e. The van der Waals surface area contributed by atoms with Crippen LogP contribution in [-0.4, -0.2) is 32.2 Å². The number of aromatic nitrogens is 3. The van der Waals surface area contributed by atoms with Gasteiger partial charge in [0, 0.05) is 18.6 Å². The minimum atomic E-state index is -0.769. The van der Waals surface area contributed by atoms with Crippen LogP contribution in [0.25, 0.3) is 11.3 Å². The van der Waals surface area contributed by atoms with Crippen molar-refractivity contribution in [1.82, 2.24) is 15.2 Å². The molecule has 2 aromatic carbocycles. The van der Waals surface area contributed by atoms with Gasteiger partial charge in [0.2, 0.25) is 11.8 Å². The Hall–Kier alpha value is -3.60. The van der Waals surface area contributed by atoms with Crippen LogP contribution >= 0.6 is 11.8 Å². The van der Waals surface area contributed by atoms with Crippen molar-refractivity contribution in [3.05, 3.63) is 64.5 Å². The molecular formula is C21H19F2N5O3S. The van der Waals surface area contributed by atoms with Gasteiger partial charge in [-0.3, -0.25) is 19.4 Å². The molecule has 0 aliphatic rings. The average molecular weight is 459 g/mol. The lowest BCUT2D eigenvalue weighted by atomic mass is 10.1. The lowest BCUT2D eigenvalue weighted by molar-refractivity contribution is -0.116. The largest absolute Gasteiger partial charge is 0.326 e. The van der Waals surface area contributed by atoms with Crippen LogP contribution in [0.5, 0.6) is 0 Å². The number of H-pyrrole nitrogens is 1. The number of halogens is 2. The van der Waals surface area contributed by atoms with Crippen molar-refractivity contribution in [2.24, 2.45) is 0 Å². The molecule has 3 N–H and O–H groups in total. The fourth-order valence-corrected chi connectivity index (χ4v) is 3.64. The Morgan fingerprint density at radius 3 is 2.53 bits per heavy atom. The first-order valence-corrected chi connectivity index (χ1v) is 10.4. The Morgan fingerprint density at radius 1 is 1.09 bits per heavy atom. The van der Waals surface area contributed by atoms with Crippen molar-refractivity contribution >= 4 is 35.0 Å². The Bertz CT molecular complexity index is 1220. The summed E-state index contributed by atoms with van der Waals surface area (Å²) in [6, 6.07) is 9.38. The van der Waals surface area contributed by atoms with Crippen molar-refractivity contribution in [2.45, 2.75) is 30.7 Å². The molecule has 8 nitrogen and oxygen atoms in total. The van der Waals surface area contributed by atoms with Crippen LogP contribution in [0.1, 0.15) is 20.3 Å². The number of para-hydroxylation sites is 1. The summed E-state index contributed by atoms with van der Waals surface area (Å²) < 4.78 is 27.2. The van der Waals surface area contributed by atoms with Crippen molar-refractivity contribution in [1.29, 1.82) is 0 Å². The highest BCUT2D eigenvalue weighted by molar-refractivity contribution is 8.00. The molecule has 1 heterocycles. The summed E-state index contributed by atoms with van der Waals surface area (Å²) >= 11 is 0.932. The average Bonchev–Trinajstić information content (AvgIpc) is 2.75. The van der Waals surface area contributed by atoms with Crippen molar-refractivity contribution in [3.8, 4) is 11.3 Å². The Labute approximate surface area is 185 Å². The van der Waals surface area contributed by atoms with E-state index >= 15 is 0 Å². The van der Waals surface area contributed by atoms with Gasteiger partial charge in [-0.25, -0.2) is 8.78 Å². The number of benzene rings is 2. The fourth-order valence-electron chi connectivity index (χ4n) is 2.80. The second-order valence-electron chi connectivity index (χ2n) is 6.66. The van der Waals surface area contributed by atoms with Crippen LogP contribution < -0.4 is 16.2 Å². The molecule has 1 aromatic heterocycles. The Kier molecular flexibility index (Phi) is 7.31. The van der Waals surface area contributed by atoms with E-state index in [1.807, 2.05) is 0 Å². The maximum absolute atomic E-state index is 13.8. The molecule has 0 bridgehead atoms. The summed E-state index contributed by atoms with van der Waals surface area (Å²) in [4.78, 5) is 39.1. The number of hydrogen-bond acceptors (Lipinski definition) is 6. The van der Waals surface area contributed by atoms with E-state index in [0.717, 1.165) is 30.0 Å². The molecule has 0 radical (unpaired) electrons. The first-order valence-electron chi connectivity index (χ1n) is 9.55. The van der Waals surface area contributed by atoms with Crippen LogP contribution in [0.4, 0.5) is 20.2 Å². The van der Waals surface area contributed by atoms with Gasteiger partial charge in [-0.1, -0.05) is 36.9 Å². The van der Waals surface area contributed by atoms with Gasteiger partial charge in [0.25, 0.3) is 5.56 Å². The minimum Gasteiger partial charge on any atom is -0.326 e. The molecule has 166 valence electrons. The van der Waals surface area contributed by atoms with E-state index in [0.29, 0.717) is 17.7 Å². The maximum Gasteiger partial charge on any atom is 0.278 e. The number of nitrogens with zero attached hydrogens (tertiary/aromatic N) is 2. The van der Waals surface area contributed by atoms with Crippen molar-refractivity contribution < 1.29 is 18.4 Å². The van der Waals surface area contributed by atoms with Gasteiger partial charge in [0.05, 0.1) is 16.6 Å². The summed E-state index contributed by atoms with van der Waals surface area (Å²) in [5.74, 6) is -2.34. The monoisotopic (exact) mass is 459 g/mol. The van der Waals surface area contributed by atoms with Crippen LogP contribution in [0.2, 0.25) is 0 Å². The zero-order valence-electron chi connectivity index (χ0n) is 17.1. The highest BCUT2D eigenvalue weighted by Crippen LogP contribution is 2.26. The van der Waals surface area contributed by atoms with Crippen LogP contribution in [0, 0.1) is 11.6 Å². The fraction of sp³-hybridized carbons (Fsp3) is 0.190. The summed E-state index contributed by atoms with van der Waals surface area (Å²) in [7, 11) is 0. The molecule has 32 heavy (non-hydrogen) atoms. The second kappa shape index (κ2) is 10.1. The van der Waals surface area contributed by atoms with E-state index < -0.39 is 28.4 Å². The van der Waals surface area contributed by atoms with Crippen LogP contribution in [0.3, 0.4) is 0 Å². The van der Waals surface area contributed by atoms with Gasteiger partial charge in [0.15, 0.2) is 10.9 Å². The number of nitrogens with one attached hydrogen (secondary N) is 3. The number of anilines is 2. The number of amides is 2. The molecule has 0 saturated carbocycles. The van der Waals surface area contributed by atoms with Gasteiger partial charge in [0.1, 0.15) is 11.6 Å². The quantitative estimate of drug-likeness (QED) is 0.465. The molecular weight excluding hydrogens is 440 g/mol. The van der Waals surface area contributed by atoms with E-state index in [9.17, 15) is 23.2 Å². The van der Waals surface area contributed by atoms with Gasteiger partial charge >= 0.3 is 0 Å². The predicted octanol–water partition coefficient (Wildman–Crippen LogP) is 3.58. The molecule has 3 aromatic rings. The molecule has 3 rings (SSSR count). The summed E-state index contributed by atoms with van der Waals surface area (Å²) in [5, 5.41) is 12.2. The molecule has 0 fully saturated rings. The number of carbonyl (C=O) groups is 2. The van der Waals surface area contributed by atoms with Crippen molar-refractivity contribution in [2.75, 3.05) is 10.6 Å². The van der Waals surface area contributed by atoms with Gasteiger partial charge in [-0.05, 0) is 24.6 Å². The molecule has 0 spiro atoms. The lowest BCUT2D eigenvalue weighted by Gasteiger charge is -2.14. The van der Waals surface area contributed by atoms with Crippen LogP contribution in [-0.2, 0) is 9.59 Å². The Balaban J connectivity index is 1.80. The first kappa shape index (κ1) is 23.1. The first-order chi connectivity index (χ1) is 15.3. The number of thioether (sulfide) groups is 1. The third-order valence-electron chi connectivity index (χ3n) is 4.27. The highest BCUT2D eigenvalue weighted by atomic mass is 32.2. The van der Waals surface area contributed by atoms with E-state index in [1.165, 1.54) is 6.92 Å². The van der Waals surface area contributed by atoms with E-state index in [4.69, 9.17) is 0 Å². The molecule has 0 unspecified atom stereocenters. The molecule has 0 aliphatic carbocycles. The summed E-state index contributed by atoms with van der Waals surface area (Å²) in [6.07, 6.45) is 0.324. The molecule has 2 amide bonds. The maximum atomic E-state index is 13.8. The zero-order valence-corrected chi connectivity index (χ0v) is 17.9. The zero-order chi connectivity index (χ0) is 23.3. The lowest BCUT2D eigenvalue weighted by Crippen LogP contribution is -2.26.